The Morgan fingerprint density at radius 1 is 1.12 bits per heavy atom. The van der Waals surface area contributed by atoms with Gasteiger partial charge in [-0.15, -0.1) is 0 Å². The standard InChI is InChI=1S/C29H43F3N6O2/c1-18(2)37-12-9-22(10-13-37)39-24-8-7-19(14-25(24)40-27(31)32)29(33)34-17-23(30)26(36-29)35-20-15-21-6-5-11-38(21)28(3,4)16-20/h7-8,14,17-18,20-22,27,35-36H,5-6,9-13,15-16,33H2,1-4H3. The maximum Gasteiger partial charge on any atom is 0.387 e. The van der Waals surface area contributed by atoms with E-state index in [2.05, 4.69) is 53.1 Å². The molecule has 8 nitrogen and oxygen atoms in total. The summed E-state index contributed by atoms with van der Waals surface area (Å²) in [4.78, 5) is 9.12. The minimum Gasteiger partial charge on any atom is -0.486 e. The van der Waals surface area contributed by atoms with Gasteiger partial charge in [-0.25, -0.2) is 9.38 Å². The summed E-state index contributed by atoms with van der Waals surface area (Å²) in [6.07, 6.45) is 6.62. The van der Waals surface area contributed by atoms with Gasteiger partial charge in [0.15, 0.2) is 17.3 Å². The molecule has 3 atom stereocenters. The van der Waals surface area contributed by atoms with Crippen LogP contribution in [0, 0.1) is 0 Å². The van der Waals surface area contributed by atoms with Crippen LogP contribution < -0.4 is 25.8 Å². The Labute approximate surface area is 235 Å². The van der Waals surface area contributed by atoms with E-state index in [0.29, 0.717) is 17.6 Å². The van der Waals surface area contributed by atoms with Crippen molar-refractivity contribution in [2.24, 2.45) is 10.7 Å². The molecule has 0 saturated carbocycles. The SMILES string of the molecule is CC(C)N1CCC(Oc2ccc(C3(N)N=CC(F)=C(NC4CC5CCCN5C(C)(C)C4)N3)cc2OC(F)F)CC1. The number of piperidine rings is 2. The molecule has 0 aromatic heterocycles. The zero-order valence-corrected chi connectivity index (χ0v) is 23.9. The van der Waals surface area contributed by atoms with Gasteiger partial charge in [0.1, 0.15) is 11.9 Å². The highest BCUT2D eigenvalue weighted by molar-refractivity contribution is 5.78. The van der Waals surface area contributed by atoms with Gasteiger partial charge in [-0.2, -0.15) is 8.78 Å². The molecule has 40 heavy (non-hydrogen) atoms. The second-order valence-electron chi connectivity index (χ2n) is 12.4. The number of nitrogens with one attached hydrogen (secondary N) is 2. The Morgan fingerprint density at radius 3 is 2.58 bits per heavy atom. The van der Waals surface area contributed by atoms with Crippen LogP contribution in [0.3, 0.4) is 0 Å². The first-order valence-corrected chi connectivity index (χ1v) is 14.5. The Hall–Kier alpha value is -2.50. The van der Waals surface area contributed by atoms with Crippen LogP contribution in [0.1, 0.15) is 71.8 Å². The van der Waals surface area contributed by atoms with Crippen LogP contribution in [-0.4, -0.2) is 72.0 Å². The van der Waals surface area contributed by atoms with Gasteiger partial charge >= 0.3 is 6.61 Å². The molecule has 5 rings (SSSR count). The molecule has 4 aliphatic rings. The van der Waals surface area contributed by atoms with Gasteiger partial charge in [0.2, 0.25) is 5.79 Å². The zero-order valence-electron chi connectivity index (χ0n) is 23.9. The molecular weight excluding hydrogens is 521 g/mol. The molecule has 1 aromatic carbocycles. The van der Waals surface area contributed by atoms with Crippen molar-refractivity contribution in [2.75, 3.05) is 19.6 Å². The monoisotopic (exact) mass is 564 g/mol. The predicted octanol–water partition coefficient (Wildman–Crippen LogP) is 4.42. The van der Waals surface area contributed by atoms with Gasteiger partial charge in [-0.3, -0.25) is 10.6 Å². The fraction of sp³-hybridized carbons (Fsp3) is 0.690. The summed E-state index contributed by atoms with van der Waals surface area (Å²) < 4.78 is 52.7. The highest BCUT2D eigenvalue weighted by Crippen LogP contribution is 2.39. The molecule has 0 amide bonds. The highest BCUT2D eigenvalue weighted by Gasteiger charge is 2.43. The van der Waals surface area contributed by atoms with Gasteiger partial charge in [0.05, 0.1) is 6.21 Å². The van der Waals surface area contributed by atoms with Crippen molar-refractivity contribution in [3.8, 4) is 11.5 Å². The van der Waals surface area contributed by atoms with E-state index in [1.807, 2.05) is 0 Å². The van der Waals surface area contributed by atoms with Crippen LogP contribution in [-0.2, 0) is 5.79 Å². The van der Waals surface area contributed by atoms with Crippen molar-refractivity contribution in [3.63, 3.8) is 0 Å². The third-order valence-corrected chi connectivity index (χ3v) is 8.84. The molecule has 0 aliphatic carbocycles. The summed E-state index contributed by atoms with van der Waals surface area (Å²) >= 11 is 0. The molecule has 11 heteroatoms. The highest BCUT2D eigenvalue weighted by atomic mass is 19.3. The number of halogens is 3. The summed E-state index contributed by atoms with van der Waals surface area (Å²) in [7, 11) is 0. The van der Waals surface area contributed by atoms with Crippen molar-refractivity contribution >= 4 is 6.21 Å². The van der Waals surface area contributed by atoms with Crippen LogP contribution >= 0.6 is 0 Å². The topological polar surface area (TPSA) is 87.4 Å². The number of allylic oxidation sites excluding steroid dienone is 1. The summed E-state index contributed by atoms with van der Waals surface area (Å²) in [5, 5.41) is 6.34. The number of nitrogens with zero attached hydrogens (tertiary/aromatic N) is 3. The summed E-state index contributed by atoms with van der Waals surface area (Å²) in [6, 6.07) is 5.59. The number of ether oxygens (including phenoxy) is 2. The van der Waals surface area contributed by atoms with Crippen molar-refractivity contribution in [2.45, 2.75) is 108 Å². The van der Waals surface area contributed by atoms with Gasteiger partial charge in [0, 0.05) is 42.3 Å². The first-order chi connectivity index (χ1) is 18.9. The lowest BCUT2D eigenvalue weighted by Crippen LogP contribution is -2.59. The minimum atomic E-state index is -3.05. The van der Waals surface area contributed by atoms with Gasteiger partial charge < -0.3 is 25.0 Å². The van der Waals surface area contributed by atoms with E-state index >= 15 is 0 Å². The number of aliphatic imine (C=N–C) groups is 1. The molecule has 3 fully saturated rings. The average Bonchev–Trinajstić information content (AvgIpc) is 3.37. The first-order valence-electron chi connectivity index (χ1n) is 14.5. The Bertz CT molecular complexity index is 1120. The number of fused-ring (bicyclic) bond motifs is 1. The molecular formula is C29H43F3N6O2. The van der Waals surface area contributed by atoms with Gasteiger partial charge in [-0.05, 0) is 91.0 Å². The molecule has 3 unspecified atom stereocenters. The fourth-order valence-electron chi connectivity index (χ4n) is 6.80. The van der Waals surface area contributed by atoms with E-state index in [1.165, 1.54) is 12.5 Å². The van der Waals surface area contributed by atoms with Gasteiger partial charge in [0.25, 0.3) is 0 Å². The third kappa shape index (κ3) is 6.21. The second-order valence-corrected chi connectivity index (χ2v) is 12.4. The zero-order chi connectivity index (χ0) is 28.7. The van der Waals surface area contributed by atoms with E-state index in [9.17, 15) is 13.2 Å². The summed E-state index contributed by atoms with van der Waals surface area (Å²) in [5.41, 5.74) is 6.95. The first kappa shape index (κ1) is 29.0. The van der Waals surface area contributed by atoms with E-state index in [-0.39, 0.29) is 35.0 Å². The number of hydrogen-bond donors (Lipinski definition) is 3. The molecule has 0 radical (unpaired) electrons. The van der Waals surface area contributed by atoms with Crippen LogP contribution in [0.4, 0.5) is 13.2 Å². The summed E-state index contributed by atoms with van der Waals surface area (Å²) in [6.45, 7) is 8.57. The van der Waals surface area contributed by atoms with Crippen molar-refractivity contribution in [1.29, 1.82) is 0 Å². The molecule has 3 saturated heterocycles. The quantitative estimate of drug-likeness (QED) is 0.431. The summed E-state index contributed by atoms with van der Waals surface area (Å²) in [5.74, 6) is -1.88. The number of rotatable bonds is 8. The van der Waals surface area contributed by atoms with Crippen molar-refractivity contribution in [3.05, 3.63) is 35.4 Å². The lowest BCUT2D eigenvalue weighted by molar-refractivity contribution is -0.0527. The molecule has 222 valence electrons. The number of alkyl halides is 2. The molecule has 0 bridgehead atoms. The maximum atomic E-state index is 15.0. The smallest absolute Gasteiger partial charge is 0.387 e. The van der Waals surface area contributed by atoms with Crippen LogP contribution in [0.5, 0.6) is 11.5 Å². The normalized spacial score (nSPS) is 29.6. The van der Waals surface area contributed by atoms with Crippen LogP contribution in [0.2, 0.25) is 0 Å². The number of nitrogens with two attached hydrogens (primary N) is 1. The van der Waals surface area contributed by atoms with E-state index in [0.717, 1.165) is 58.0 Å². The lowest BCUT2D eigenvalue weighted by atomic mass is 9.84. The van der Waals surface area contributed by atoms with E-state index in [1.54, 1.807) is 12.1 Å². The predicted molar refractivity (Wildman–Crippen MR) is 149 cm³/mol. The minimum absolute atomic E-state index is 0.000567. The number of likely N-dealkylation sites (tertiary alicyclic amines) is 1. The van der Waals surface area contributed by atoms with E-state index < -0.39 is 18.2 Å². The molecule has 4 N–H and O–H groups in total. The van der Waals surface area contributed by atoms with E-state index in [4.69, 9.17) is 15.2 Å². The van der Waals surface area contributed by atoms with Crippen molar-refractivity contribution < 1.29 is 22.6 Å². The Balaban J connectivity index is 1.30. The maximum absolute atomic E-state index is 15.0. The molecule has 4 aliphatic heterocycles. The van der Waals surface area contributed by atoms with Crippen molar-refractivity contribution in [1.82, 2.24) is 20.4 Å². The van der Waals surface area contributed by atoms with Crippen LogP contribution in [0.15, 0.2) is 34.8 Å². The fourth-order valence-corrected chi connectivity index (χ4v) is 6.80. The number of hydrogen-bond acceptors (Lipinski definition) is 8. The molecule has 0 spiro atoms. The Kier molecular flexibility index (Phi) is 8.27. The average molecular weight is 565 g/mol. The lowest BCUT2D eigenvalue weighted by Gasteiger charge is -2.48. The largest absolute Gasteiger partial charge is 0.486 e. The van der Waals surface area contributed by atoms with Gasteiger partial charge in [-0.1, -0.05) is 0 Å². The Morgan fingerprint density at radius 2 is 1.88 bits per heavy atom. The second kappa shape index (κ2) is 11.4. The third-order valence-electron chi connectivity index (χ3n) is 8.84. The molecule has 1 aromatic rings. The van der Waals surface area contributed by atoms with Crippen LogP contribution in [0.25, 0.3) is 0 Å². The molecule has 4 heterocycles. The number of benzene rings is 1.